The van der Waals surface area contributed by atoms with Crippen LogP contribution in [0.4, 0.5) is 17.3 Å². The molecule has 1 saturated heterocycles. The van der Waals surface area contributed by atoms with Crippen molar-refractivity contribution in [3.8, 4) is 17.1 Å². The third-order valence-corrected chi connectivity index (χ3v) is 5.44. The van der Waals surface area contributed by atoms with Gasteiger partial charge >= 0.3 is 0 Å². The van der Waals surface area contributed by atoms with E-state index >= 15 is 0 Å². The lowest BCUT2D eigenvalue weighted by atomic mass is 10.1. The average Bonchev–Trinajstić information content (AvgIpc) is 2.79. The van der Waals surface area contributed by atoms with Gasteiger partial charge in [-0.15, -0.1) is 0 Å². The van der Waals surface area contributed by atoms with Gasteiger partial charge in [0.2, 0.25) is 0 Å². The Morgan fingerprint density at radius 2 is 1.77 bits per heavy atom. The van der Waals surface area contributed by atoms with Crippen molar-refractivity contribution in [2.75, 3.05) is 62.9 Å². The van der Waals surface area contributed by atoms with E-state index in [2.05, 4.69) is 56.1 Å². The highest BCUT2D eigenvalue weighted by atomic mass is 16.5. The standard InChI is InChI=1S/C23H29N7O/c1-28(2)21-14-17(8-9-25-21)16-31-23-22(24)26-15-20(27-23)18-4-6-19(7-5-18)30-12-10-29(3)11-13-30/h4-9,14-15H,10-13,16H2,1-3H3,(H2,24,26). The molecule has 1 fully saturated rings. The minimum atomic E-state index is 0.277. The fraction of sp³-hybridized carbons (Fsp3) is 0.348. The third-order valence-electron chi connectivity index (χ3n) is 5.44. The summed E-state index contributed by atoms with van der Waals surface area (Å²) in [7, 11) is 6.07. The molecule has 2 aromatic heterocycles. The zero-order valence-electron chi connectivity index (χ0n) is 18.3. The van der Waals surface area contributed by atoms with Crippen molar-refractivity contribution in [1.82, 2.24) is 19.9 Å². The first-order valence-electron chi connectivity index (χ1n) is 10.4. The Bertz CT molecular complexity index is 1010. The number of hydrogen-bond donors (Lipinski definition) is 1. The van der Waals surface area contributed by atoms with Crippen LogP contribution in [0.2, 0.25) is 0 Å². The molecule has 3 heterocycles. The maximum atomic E-state index is 6.01. The average molecular weight is 420 g/mol. The number of ether oxygens (including phenoxy) is 1. The van der Waals surface area contributed by atoms with Crippen LogP contribution in [-0.4, -0.2) is 67.2 Å². The molecule has 0 amide bonds. The second-order valence-electron chi connectivity index (χ2n) is 7.99. The second kappa shape index (κ2) is 9.18. The molecule has 8 heteroatoms. The molecule has 2 N–H and O–H groups in total. The largest absolute Gasteiger partial charge is 0.470 e. The molecule has 162 valence electrons. The molecule has 0 unspecified atom stereocenters. The molecule has 0 bridgehead atoms. The van der Waals surface area contributed by atoms with Gasteiger partial charge in [0.1, 0.15) is 12.4 Å². The van der Waals surface area contributed by atoms with Gasteiger partial charge < -0.3 is 25.2 Å². The van der Waals surface area contributed by atoms with Crippen LogP contribution in [-0.2, 0) is 6.61 Å². The van der Waals surface area contributed by atoms with E-state index in [1.165, 1.54) is 5.69 Å². The third kappa shape index (κ3) is 5.03. The van der Waals surface area contributed by atoms with Gasteiger partial charge in [0.25, 0.3) is 5.88 Å². The van der Waals surface area contributed by atoms with Crippen molar-refractivity contribution >= 4 is 17.3 Å². The normalized spacial score (nSPS) is 14.5. The minimum Gasteiger partial charge on any atom is -0.470 e. The highest BCUT2D eigenvalue weighted by molar-refractivity contribution is 5.64. The fourth-order valence-electron chi connectivity index (χ4n) is 3.48. The summed E-state index contributed by atoms with van der Waals surface area (Å²) in [6, 6.07) is 12.3. The van der Waals surface area contributed by atoms with Crippen LogP contribution in [0.5, 0.6) is 5.88 Å². The van der Waals surface area contributed by atoms with E-state index in [0.717, 1.165) is 48.8 Å². The number of pyridine rings is 1. The van der Waals surface area contributed by atoms with Crippen molar-refractivity contribution in [1.29, 1.82) is 0 Å². The smallest absolute Gasteiger partial charge is 0.258 e. The molecule has 8 nitrogen and oxygen atoms in total. The van der Waals surface area contributed by atoms with Crippen molar-refractivity contribution in [2.45, 2.75) is 6.61 Å². The second-order valence-corrected chi connectivity index (χ2v) is 7.99. The number of likely N-dealkylation sites (N-methyl/N-ethyl adjacent to an activating group) is 1. The Labute approximate surface area is 183 Å². The lowest BCUT2D eigenvalue weighted by Gasteiger charge is -2.34. The molecule has 0 radical (unpaired) electrons. The van der Waals surface area contributed by atoms with Gasteiger partial charge in [0, 0.05) is 57.7 Å². The van der Waals surface area contributed by atoms with Crippen LogP contribution in [0.3, 0.4) is 0 Å². The number of rotatable bonds is 6. The molecule has 1 aliphatic heterocycles. The summed E-state index contributed by atoms with van der Waals surface area (Å²) < 4.78 is 5.89. The van der Waals surface area contributed by atoms with E-state index in [4.69, 9.17) is 10.5 Å². The molecular weight excluding hydrogens is 390 g/mol. The number of benzene rings is 1. The predicted octanol–water partition coefficient (Wildman–Crippen LogP) is 2.52. The number of nitrogens with zero attached hydrogens (tertiary/aromatic N) is 6. The van der Waals surface area contributed by atoms with Crippen molar-refractivity contribution in [3.63, 3.8) is 0 Å². The maximum Gasteiger partial charge on any atom is 0.258 e. The molecule has 1 aliphatic rings. The molecule has 0 spiro atoms. The first-order valence-corrected chi connectivity index (χ1v) is 10.4. The molecule has 31 heavy (non-hydrogen) atoms. The Hall–Kier alpha value is -3.39. The van der Waals surface area contributed by atoms with E-state index in [1.807, 2.05) is 31.1 Å². The van der Waals surface area contributed by atoms with Gasteiger partial charge in [0.05, 0.1) is 11.9 Å². The summed E-state index contributed by atoms with van der Waals surface area (Å²) in [6.45, 7) is 4.59. The molecule has 1 aromatic carbocycles. The van der Waals surface area contributed by atoms with E-state index in [0.29, 0.717) is 12.5 Å². The zero-order chi connectivity index (χ0) is 21.8. The van der Waals surface area contributed by atoms with E-state index in [1.54, 1.807) is 12.4 Å². The van der Waals surface area contributed by atoms with Crippen LogP contribution in [0.1, 0.15) is 5.56 Å². The van der Waals surface area contributed by atoms with Gasteiger partial charge in [-0.2, -0.15) is 0 Å². The van der Waals surface area contributed by atoms with Crippen LogP contribution < -0.4 is 20.3 Å². The summed E-state index contributed by atoms with van der Waals surface area (Å²) in [5, 5.41) is 0. The highest BCUT2D eigenvalue weighted by Gasteiger charge is 2.15. The van der Waals surface area contributed by atoms with Crippen molar-refractivity contribution < 1.29 is 4.74 Å². The first kappa shape index (κ1) is 20.9. The van der Waals surface area contributed by atoms with Gasteiger partial charge in [-0.3, -0.25) is 0 Å². The summed E-state index contributed by atoms with van der Waals surface area (Å²) in [4.78, 5) is 19.9. The molecule has 0 atom stereocenters. The summed E-state index contributed by atoms with van der Waals surface area (Å²) in [6.07, 6.45) is 3.45. The molecule has 0 aliphatic carbocycles. The van der Waals surface area contributed by atoms with E-state index in [-0.39, 0.29) is 5.82 Å². The van der Waals surface area contributed by atoms with Crippen LogP contribution >= 0.6 is 0 Å². The predicted molar refractivity (Wildman–Crippen MR) is 124 cm³/mol. The number of nitrogen functional groups attached to an aromatic ring is 1. The molecule has 0 saturated carbocycles. The van der Waals surface area contributed by atoms with Gasteiger partial charge in [0.15, 0.2) is 5.82 Å². The SMILES string of the molecule is CN1CCN(c2ccc(-c3cnc(N)c(OCc4ccnc(N(C)C)c4)n3)cc2)CC1. The van der Waals surface area contributed by atoms with Gasteiger partial charge in [-0.05, 0) is 36.9 Å². The molecular formula is C23H29N7O. The number of hydrogen-bond acceptors (Lipinski definition) is 8. The summed E-state index contributed by atoms with van der Waals surface area (Å²) in [5.74, 6) is 1.48. The topological polar surface area (TPSA) is 83.6 Å². The van der Waals surface area contributed by atoms with Crippen LogP contribution in [0.25, 0.3) is 11.3 Å². The van der Waals surface area contributed by atoms with Gasteiger partial charge in [-0.25, -0.2) is 15.0 Å². The number of anilines is 3. The number of nitrogens with two attached hydrogens (primary N) is 1. The van der Waals surface area contributed by atoms with E-state index in [9.17, 15) is 0 Å². The Morgan fingerprint density at radius 1 is 1.03 bits per heavy atom. The Morgan fingerprint density at radius 3 is 2.48 bits per heavy atom. The fourth-order valence-corrected chi connectivity index (χ4v) is 3.48. The molecule has 3 aromatic rings. The quantitative estimate of drug-likeness (QED) is 0.653. The lowest BCUT2D eigenvalue weighted by molar-refractivity contribution is 0.295. The maximum absolute atomic E-state index is 6.01. The Balaban J connectivity index is 1.46. The van der Waals surface area contributed by atoms with E-state index < -0.39 is 0 Å². The monoisotopic (exact) mass is 419 g/mol. The minimum absolute atomic E-state index is 0.277. The van der Waals surface area contributed by atoms with Crippen molar-refractivity contribution in [3.05, 3.63) is 54.4 Å². The van der Waals surface area contributed by atoms with Crippen LogP contribution in [0, 0.1) is 0 Å². The zero-order valence-corrected chi connectivity index (χ0v) is 18.3. The first-order chi connectivity index (χ1) is 15.0. The Kier molecular flexibility index (Phi) is 6.18. The van der Waals surface area contributed by atoms with Crippen molar-refractivity contribution in [2.24, 2.45) is 0 Å². The highest BCUT2D eigenvalue weighted by Crippen LogP contribution is 2.26. The van der Waals surface area contributed by atoms with Gasteiger partial charge in [-0.1, -0.05) is 12.1 Å². The lowest BCUT2D eigenvalue weighted by Crippen LogP contribution is -2.44. The number of aromatic nitrogens is 3. The molecule has 4 rings (SSSR count). The summed E-state index contributed by atoms with van der Waals surface area (Å²) >= 11 is 0. The number of piperazine rings is 1. The van der Waals surface area contributed by atoms with Crippen LogP contribution in [0.15, 0.2) is 48.8 Å². The summed E-state index contributed by atoms with van der Waals surface area (Å²) in [5.41, 5.74) is 9.94.